The van der Waals surface area contributed by atoms with Crippen molar-refractivity contribution in [1.29, 1.82) is 0 Å². The van der Waals surface area contributed by atoms with E-state index in [9.17, 15) is 9.59 Å². The van der Waals surface area contributed by atoms with Gasteiger partial charge in [-0.1, -0.05) is 30.3 Å². The molecule has 24 heavy (non-hydrogen) atoms. The standard InChI is InChI=1S/C18H26N4O2/c23-17(19-9-8-16-6-2-1-3-7-16)20-12-14-22(15-13-20)18(24)21-10-4-5-11-21/h1-3,6-7H,4-5,8-15H2,(H,19,23). The lowest BCUT2D eigenvalue weighted by molar-refractivity contribution is 0.124. The van der Waals surface area contributed by atoms with E-state index in [0.29, 0.717) is 32.7 Å². The minimum Gasteiger partial charge on any atom is -0.338 e. The zero-order valence-electron chi connectivity index (χ0n) is 14.1. The van der Waals surface area contributed by atoms with E-state index < -0.39 is 0 Å². The van der Waals surface area contributed by atoms with E-state index in [-0.39, 0.29) is 12.1 Å². The third kappa shape index (κ3) is 4.19. The number of carbonyl (C=O) groups excluding carboxylic acids is 2. The van der Waals surface area contributed by atoms with Crippen LogP contribution >= 0.6 is 0 Å². The zero-order valence-corrected chi connectivity index (χ0v) is 14.1. The number of likely N-dealkylation sites (tertiary alicyclic amines) is 1. The van der Waals surface area contributed by atoms with E-state index >= 15 is 0 Å². The van der Waals surface area contributed by atoms with Gasteiger partial charge < -0.3 is 20.0 Å². The minimum absolute atomic E-state index is 0.0285. The molecule has 0 spiro atoms. The lowest BCUT2D eigenvalue weighted by Gasteiger charge is -2.36. The number of amides is 4. The second-order valence-corrected chi connectivity index (χ2v) is 6.42. The first-order valence-electron chi connectivity index (χ1n) is 8.84. The van der Waals surface area contributed by atoms with Crippen LogP contribution in [0.1, 0.15) is 18.4 Å². The van der Waals surface area contributed by atoms with Gasteiger partial charge in [0.25, 0.3) is 0 Å². The first-order chi connectivity index (χ1) is 11.7. The van der Waals surface area contributed by atoms with Gasteiger partial charge in [-0.05, 0) is 24.8 Å². The average molecular weight is 330 g/mol. The molecule has 2 saturated heterocycles. The van der Waals surface area contributed by atoms with Crippen molar-refractivity contribution in [3.05, 3.63) is 35.9 Å². The Balaban J connectivity index is 1.38. The SMILES string of the molecule is O=C(NCCc1ccccc1)N1CCN(C(=O)N2CCCC2)CC1. The maximum absolute atomic E-state index is 12.3. The number of carbonyl (C=O) groups is 2. The van der Waals surface area contributed by atoms with Crippen LogP contribution < -0.4 is 5.32 Å². The van der Waals surface area contributed by atoms with Gasteiger partial charge in [-0.3, -0.25) is 0 Å². The lowest BCUT2D eigenvalue weighted by Crippen LogP contribution is -2.55. The van der Waals surface area contributed by atoms with Crippen LogP contribution in [0.5, 0.6) is 0 Å². The summed E-state index contributed by atoms with van der Waals surface area (Å²) < 4.78 is 0. The largest absolute Gasteiger partial charge is 0.338 e. The van der Waals surface area contributed by atoms with E-state index in [1.165, 1.54) is 5.56 Å². The van der Waals surface area contributed by atoms with Crippen molar-refractivity contribution in [2.45, 2.75) is 19.3 Å². The molecule has 2 fully saturated rings. The van der Waals surface area contributed by atoms with Gasteiger partial charge in [0.1, 0.15) is 0 Å². The third-order valence-corrected chi connectivity index (χ3v) is 4.75. The Morgan fingerprint density at radius 2 is 1.42 bits per heavy atom. The third-order valence-electron chi connectivity index (χ3n) is 4.75. The van der Waals surface area contributed by atoms with Gasteiger partial charge in [-0.25, -0.2) is 9.59 Å². The summed E-state index contributed by atoms with van der Waals surface area (Å²) in [7, 11) is 0. The fourth-order valence-corrected chi connectivity index (χ4v) is 3.28. The molecule has 0 aliphatic carbocycles. The van der Waals surface area contributed by atoms with E-state index in [4.69, 9.17) is 0 Å². The number of nitrogens with zero attached hydrogens (tertiary/aromatic N) is 3. The number of hydrogen-bond acceptors (Lipinski definition) is 2. The molecule has 0 atom stereocenters. The normalized spacial score (nSPS) is 17.9. The Labute approximate surface area is 143 Å². The molecule has 130 valence electrons. The van der Waals surface area contributed by atoms with Crippen LogP contribution in [0.3, 0.4) is 0 Å². The maximum atomic E-state index is 12.3. The van der Waals surface area contributed by atoms with Crippen molar-refractivity contribution >= 4 is 12.1 Å². The number of piperazine rings is 1. The predicted molar refractivity (Wildman–Crippen MR) is 92.9 cm³/mol. The summed E-state index contributed by atoms with van der Waals surface area (Å²) in [6, 6.07) is 10.2. The molecule has 4 amide bonds. The minimum atomic E-state index is -0.0285. The topological polar surface area (TPSA) is 55.9 Å². The molecular weight excluding hydrogens is 304 g/mol. The summed E-state index contributed by atoms with van der Waals surface area (Å²) in [4.78, 5) is 30.2. The average Bonchev–Trinajstić information content (AvgIpc) is 3.17. The number of benzene rings is 1. The van der Waals surface area contributed by atoms with E-state index in [1.54, 1.807) is 4.90 Å². The molecule has 1 aromatic carbocycles. The second-order valence-electron chi connectivity index (χ2n) is 6.42. The van der Waals surface area contributed by atoms with E-state index in [2.05, 4.69) is 17.4 Å². The van der Waals surface area contributed by atoms with Crippen molar-refractivity contribution in [1.82, 2.24) is 20.0 Å². The molecule has 0 radical (unpaired) electrons. The first-order valence-corrected chi connectivity index (χ1v) is 8.84. The molecule has 0 bridgehead atoms. The quantitative estimate of drug-likeness (QED) is 0.918. The van der Waals surface area contributed by atoms with Crippen LogP contribution in [0.15, 0.2) is 30.3 Å². The summed E-state index contributed by atoms with van der Waals surface area (Å²) in [5.74, 6) is 0. The first kappa shape index (κ1) is 16.6. The molecule has 6 nitrogen and oxygen atoms in total. The van der Waals surface area contributed by atoms with Crippen LogP contribution in [0, 0.1) is 0 Å². The molecule has 0 saturated carbocycles. The Bertz CT molecular complexity index is 549. The van der Waals surface area contributed by atoms with Gasteiger partial charge in [0.2, 0.25) is 0 Å². The van der Waals surface area contributed by atoms with Crippen molar-refractivity contribution < 1.29 is 9.59 Å². The Morgan fingerprint density at radius 3 is 2.08 bits per heavy atom. The molecular formula is C18H26N4O2. The van der Waals surface area contributed by atoms with Gasteiger partial charge in [-0.15, -0.1) is 0 Å². The highest BCUT2D eigenvalue weighted by Crippen LogP contribution is 2.12. The molecule has 2 aliphatic heterocycles. The fraction of sp³-hybridized carbons (Fsp3) is 0.556. The van der Waals surface area contributed by atoms with Crippen molar-refractivity contribution in [3.8, 4) is 0 Å². The van der Waals surface area contributed by atoms with Crippen molar-refractivity contribution in [3.63, 3.8) is 0 Å². The van der Waals surface area contributed by atoms with Crippen molar-refractivity contribution in [2.75, 3.05) is 45.8 Å². The number of hydrogen-bond donors (Lipinski definition) is 1. The van der Waals surface area contributed by atoms with Gasteiger partial charge in [0, 0.05) is 45.8 Å². The number of rotatable bonds is 3. The Morgan fingerprint density at radius 1 is 0.833 bits per heavy atom. The molecule has 1 N–H and O–H groups in total. The smallest absolute Gasteiger partial charge is 0.320 e. The van der Waals surface area contributed by atoms with Gasteiger partial charge in [0.15, 0.2) is 0 Å². The van der Waals surface area contributed by atoms with Gasteiger partial charge in [-0.2, -0.15) is 0 Å². The van der Waals surface area contributed by atoms with Crippen LogP contribution in [-0.4, -0.2) is 72.6 Å². The highest BCUT2D eigenvalue weighted by molar-refractivity contribution is 5.76. The van der Waals surface area contributed by atoms with Crippen LogP contribution in [-0.2, 0) is 6.42 Å². The molecule has 3 rings (SSSR count). The summed E-state index contributed by atoms with van der Waals surface area (Å²) >= 11 is 0. The number of nitrogens with one attached hydrogen (secondary N) is 1. The summed E-state index contributed by atoms with van der Waals surface area (Å²) in [5.41, 5.74) is 1.22. The fourth-order valence-electron chi connectivity index (χ4n) is 3.28. The summed E-state index contributed by atoms with van der Waals surface area (Å²) in [5, 5.41) is 2.97. The van der Waals surface area contributed by atoms with Crippen molar-refractivity contribution in [2.24, 2.45) is 0 Å². The van der Waals surface area contributed by atoms with Gasteiger partial charge in [0.05, 0.1) is 0 Å². The summed E-state index contributed by atoms with van der Waals surface area (Å²) in [6.07, 6.45) is 3.05. The van der Waals surface area contributed by atoms with E-state index in [1.807, 2.05) is 28.0 Å². The van der Waals surface area contributed by atoms with Gasteiger partial charge >= 0.3 is 12.1 Å². The zero-order chi connectivity index (χ0) is 16.8. The highest BCUT2D eigenvalue weighted by atomic mass is 16.2. The molecule has 0 aromatic heterocycles. The Kier molecular flexibility index (Phi) is 5.56. The monoisotopic (exact) mass is 330 g/mol. The molecule has 2 heterocycles. The second kappa shape index (κ2) is 8.04. The van der Waals surface area contributed by atoms with Crippen LogP contribution in [0.25, 0.3) is 0 Å². The predicted octanol–water partition coefficient (Wildman–Crippen LogP) is 1.77. The molecule has 1 aromatic rings. The maximum Gasteiger partial charge on any atom is 0.320 e. The number of urea groups is 2. The van der Waals surface area contributed by atoms with E-state index in [0.717, 1.165) is 32.4 Å². The molecule has 2 aliphatic rings. The molecule has 0 unspecified atom stereocenters. The van der Waals surface area contributed by atoms with Crippen LogP contribution in [0.2, 0.25) is 0 Å². The highest BCUT2D eigenvalue weighted by Gasteiger charge is 2.28. The molecule has 6 heteroatoms. The lowest BCUT2D eigenvalue weighted by atomic mass is 10.1. The Hall–Kier alpha value is -2.24. The van der Waals surface area contributed by atoms with Crippen LogP contribution in [0.4, 0.5) is 9.59 Å². The summed E-state index contributed by atoms with van der Waals surface area (Å²) in [6.45, 7) is 4.85.